The number of nitrogens with zero attached hydrogens (tertiary/aromatic N) is 6. The van der Waals surface area contributed by atoms with Gasteiger partial charge in [0.25, 0.3) is 0 Å². The molecule has 3 saturated heterocycles. The smallest absolute Gasteiger partial charge is 0.300 e. The first-order chi connectivity index (χ1) is 15.4. The topological polar surface area (TPSA) is 41.1 Å². The minimum Gasteiger partial charge on any atom is -0.365 e. The number of rotatable bonds is 8. The SMILES string of the molecule is [C-]#[N+]/C(C#N)=C1\N(CCCN2CC(C)CC(C)C2)CCN1CCCN1C(C)CCCC1C. The summed E-state index contributed by atoms with van der Waals surface area (Å²) in [4.78, 5) is 13.5. The molecule has 0 saturated carbocycles. The molecule has 0 N–H and O–H groups in total. The molecule has 3 heterocycles. The molecule has 3 rings (SSSR count). The molecule has 6 nitrogen and oxygen atoms in total. The average Bonchev–Trinajstić information content (AvgIpc) is 3.13. The van der Waals surface area contributed by atoms with Crippen molar-refractivity contribution in [2.24, 2.45) is 11.8 Å². The second-order valence-electron chi connectivity index (χ2n) is 10.6. The van der Waals surface area contributed by atoms with E-state index in [1.165, 1.54) is 38.8 Å². The van der Waals surface area contributed by atoms with Gasteiger partial charge in [0, 0.05) is 57.9 Å². The minimum absolute atomic E-state index is 0.266. The van der Waals surface area contributed by atoms with Gasteiger partial charge in [-0.15, -0.1) is 0 Å². The molecule has 0 bridgehead atoms. The van der Waals surface area contributed by atoms with Crippen LogP contribution in [0.2, 0.25) is 0 Å². The monoisotopic (exact) mass is 440 g/mol. The Morgan fingerprint density at radius 2 is 1.50 bits per heavy atom. The lowest BCUT2D eigenvalue weighted by Crippen LogP contribution is -2.44. The van der Waals surface area contributed by atoms with Crippen molar-refractivity contribution in [2.45, 2.75) is 78.3 Å². The van der Waals surface area contributed by atoms with Crippen LogP contribution < -0.4 is 0 Å². The predicted octanol–water partition coefficient (Wildman–Crippen LogP) is 4.24. The molecule has 4 atom stereocenters. The molecule has 0 aromatic rings. The highest BCUT2D eigenvalue weighted by Crippen LogP contribution is 2.26. The van der Waals surface area contributed by atoms with Gasteiger partial charge in [-0.25, -0.2) is 10.1 Å². The Hall–Kier alpha value is -1.76. The molecule has 4 unspecified atom stereocenters. The zero-order valence-corrected chi connectivity index (χ0v) is 20.9. The molecular weight excluding hydrogens is 396 g/mol. The molecule has 6 heteroatoms. The van der Waals surface area contributed by atoms with Crippen LogP contribution in [-0.4, -0.2) is 84.0 Å². The van der Waals surface area contributed by atoms with Gasteiger partial charge in [0.2, 0.25) is 0 Å². The van der Waals surface area contributed by atoms with Crippen LogP contribution in [-0.2, 0) is 0 Å². The first-order valence-electron chi connectivity index (χ1n) is 12.9. The van der Waals surface area contributed by atoms with Crippen LogP contribution in [0.5, 0.6) is 0 Å². The Balaban J connectivity index is 1.53. The summed E-state index contributed by atoms with van der Waals surface area (Å²) in [6.45, 7) is 25.4. The Morgan fingerprint density at radius 1 is 0.938 bits per heavy atom. The van der Waals surface area contributed by atoms with Crippen molar-refractivity contribution in [3.8, 4) is 6.07 Å². The summed E-state index contributed by atoms with van der Waals surface area (Å²) in [6, 6.07) is 3.52. The largest absolute Gasteiger partial charge is 0.365 e. The summed E-state index contributed by atoms with van der Waals surface area (Å²) < 4.78 is 0. The van der Waals surface area contributed by atoms with E-state index in [4.69, 9.17) is 6.57 Å². The van der Waals surface area contributed by atoms with Gasteiger partial charge < -0.3 is 14.7 Å². The van der Waals surface area contributed by atoms with E-state index in [2.05, 4.69) is 58.2 Å². The standard InChI is InChI=1S/C26H44N6/c1-21-17-22(2)20-29(19-21)11-7-12-30-15-16-31(26(30)25(18-27)28-5)13-8-14-32-23(3)9-6-10-24(32)4/h21-24H,6-17,19-20H2,1-4H3/b26-25+. The van der Waals surface area contributed by atoms with Gasteiger partial charge in [-0.2, -0.15) is 0 Å². The van der Waals surface area contributed by atoms with Crippen molar-refractivity contribution in [3.05, 3.63) is 22.9 Å². The Kier molecular flexibility index (Phi) is 9.26. The number of allylic oxidation sites excluding steroid dienone is 1. The van der Waals surface area contributed by atoms with Crippen LogP contribution in [0, 0.1) is 29.7 Å². The zero-order valence-electron chi connectivity index (χ0n) is 20.9. The van der Waals surface area contributed by atoms with E-state index in [0.717, 1.165) is 69.8 Å². The van der Waals surface area contributed by atoms with Crippen LogP contribution in [0.15, 0.2) is 11.5 Å². The fourth-order valence-corrected chi connectivity index (χ4v) is 6.33. The Labute approximate surface area is 196 Å². The molecule has 3 aliphatic rings. The zero-order chi connectivity index (χ0) is 23.1. The maximum atomic E-state index is 9.62. The van der Waals surface area contributed by atoms with E-state index >= 15 is 0 Å². The van der Waals surface area contributed by atoms with Crippen molar-refractivity contribution >= 4 is 0 Å². The van der Waals surface area contributed by atoms with E-state index in [1.54, 1.807) is 0 Å². The van der Waals surface area contributed by atoms with Crippen molar-refractivity contribution in [3.63, 3.8) is 0 Å². The first-order valence-corrected chi connectivity index (χ1v) is 12.9. The lowest BCUT2D eigenvalue weighted by molar-refractivity contribution is 0.0989. The molecular formula is C26H44N6. The number of likely N-dealkylation sites (tertiary alicyclic amines) is 2. The Morgan fingerprint density at radius 3 is 2.03 bits per heavy atom. The van der Waals surface area contributed by atoms with Gasteiger partial charge in [-0.3, -0.25) is 4.90 Å². The quantitative estimate of drug-likeness (QED) is 0.417. The minimum atomic E-state index is 0.266. The van der Waals surface area contributed by atoms with Crippen molar-refractivity contribution in [2.75, 3.05) is 52.4 Å². The fourth-order valence-electron chi connectivity index (χ4n) is 6.33. The van der Waals surface area contributed by atoms with E-state index in [-0.39, 0.29) is 5.70 Å². The first kappa shape index (κ1) is 24.9. The highest BCUT2D eigenvalue weighted by molar-refractivity contribution is 5.33. The van der Waals surface area contributed by atoms with Crippen LogP contribution in [0.3, 0.4) is 0 Å². The maximum Gasteiger partial charge on any atom is 0.300 e. The molecule has 0 aliphatic carbocycles. The summed E-state index contributed by atoms with van der Waals surface area (Å²) in [7, 11) is 0. The normalized spacial score (nSPS) is 31.4. The summed E-state index contributed by atoms with van der Waals surface area (Å²) in [6.07, 6.45) is 7.48. The van der Waals surface area contributed by atoms with Crippen molar-refractivity contribution in [1.29, 1.82) is 5.26 Å². The summed E-state index contributed by atoms with van der Waals surface area (Å²) in [5.41, 5.74) is 0.266. The number of piperidine rings is 2. The molecule has 178 valence electrons. The molecule has 0 aromatic carbocycles. The number of hydrogen-bond acceptors (Lipinski definition) is 5. The van der Waals surface area contributed by atoms with Gasteiger partial charge >= 0.3 is 5.70 Å². The maximum absolute atomic E-state index is 9.62. The highest BCUT2D eigenvalue weighted by Gasteiger charge is 2.29. The van der Waals surface area contributed by atoms with Crippen molar-refractivity contribution < 1.29 is 0 Å². The van der Waals surface area contributed by atoms with E-state index in [1.807, 2.05) is 0 Å². The molecule has 0 aromatic heterocycles. The van der Waals surface area contributed by atoms with E-state index in [9.17, 15) is 5.26 Å². The predicted molar refractivity (Wildman–Crippen MR) is 130 cm³/mol. The lowest BCUT2D eigenvalue weighted by atomic mass is 9.92. The van der Waals surface area contributed by atoms with E-state index < -0.39 is 0 Å². The molecule has 0 radical (unpaired) electrons. The van der Waals surface area contributed by atoms with Crippen LogP contribution in [0.25, 0.3) is 4.85 Å². The molecule has 32 heavy (non-hydrogen) atoms. The van der Waals surface area contributed by atoms with Gasteiger partial charge in [-0.1, -0.05) is 20.3 Å². The lowest BCUT2D eigenvalue weighted by Gasteiger charge is -2.39. The second-order valence-corrected chi connectivity index (χ2v) is 10.6. The molecule has 0 spiro atoms. The van der Waals surface area contributed by atoms with Gasteiger partial charge in [0.1, 0.15) is 5.82 Å². The summed E-state index contributed by atoms with van der Waals surface area (Å²) in [5, 5.41) is 9.62. The van der Waals surface area contributed by atoms with Crippen LogP contribution in [0.4, 0.5) is 0 Å². The van der Waals surface area contributed by atoms with Crippen LogP contribution in [0.1, 0.15) is 66.2 Å². The molecule has 3 fully saturated rings. The number of hydrogen-bond donors (Lipinski definition) is 0. The molecule has 3 aliphatic heterocycles. The number of nitriles is 1. The summed E-state index contributed by atoms with van der Waals surface area (Å²) in [5.74, 6) is 2.46. The van der Waals surface area contributed by atoms with Gasteiger partial charge in [0.05, 0.1) is 12.6 Å². The average molecular weight is 441 g/mol. The third-order valence-electron chi connectivity index (χ3n) is 7.74. The van der Waals surface area contributed by atoms with E-state index in [0.29, 0.717) is 12.1 Å². The summed E-state index contributed by atoms with van der Waals surface area (Å²) >= 11 is 0. The second kappa shape index (κ2) is 11.9. The molecule has 0 amide bonds. The van der Waals surface area contributed by atoms with Gasteiger partial charge in [0.15, 0.2) is 0 Å². The van der Waals surface area contributed by atoms with Crippen LogP contribution >= 0.6 is 0 Å². The highest BCUT2D eigenvalue weighted by atomic mass is 15.4. The van der Waals surface area contributed by atoms with Crippen molar-refractivity contribution in [1.82, 2.24) is 19.6 Å². The third-order valence-corrected chi connectivity index (χ3v) is 7.74. The van der Waals surface area contributed by atoms with Gasteiger partial charge in [-0.05, 0) is 64.3 Å². The fraction of sp³-hybridized carbons (Fsp3) is 0.846. The Bertz CT molecular complexity index is 683. The third kappa shape index (κ3) is 6.40.